The zero-order valence-corrected chi connectivity index (χ0v) is 12.9. The minimum Gasteiger partial charge on any atom is -0.383 e. The molecule has 4 nitrogen and oxygen atoms in total. The van der Waals surface area contributed by atoms with Gasteiger partial charge in [0.05, 0.1) is 30.1 Å². The van der Waals surface area contributed by atoms with E-state index in [1.165, 1.54) is 0 Å². The first kappa shape index (κ1) is 14.8. The molecule has 0 aliphatic heterocycles. The third-order valence-electron chi connectivity index (χ3n) is 4.13. The molecule has 0 spiro atoms. The Labute approximate surface area is 119 Å². The summed E-state index contributed by atoms with van der Waals surface area (Å²) in [6, 6.07) is 0. The number of hydrogen-bond donors (Lipinski definition) is 1. The summed E-state index contributed by atoms with van der Waals surface area (Å²) >= 11 is 6.27. The van der Waals surface area contributed by atoms with Crippen LogP contribution in [-0.2, 0) is 16.9 Å². The van der Waals surface area contributed by atoms with E-state index in [-0.39, 0.29) is 11.3 Å². The van der Waals surface area contributed by atoms with Crippen LogP contribution in [0, 0.1) is 11.3 Å². The summed E-state index contributed by atoms with van der Waals surface area (Å²) in [6.07, 6.45) is 3.30. The van der Waals surface area contributed by atoms with Gasteiger partial charge in [0.2, 0.25) is 0 Å². The maximum absolute atomic E-state index is 11.1. The first-order valence-electron chi connectivity index (χ1n) is 6.73. The Bertz CT molecular complexity index is 458. The van der Waals surface area contributed by atoms with Crippen LogP contribution in [-0.4, -0.2) is 28.6 Å². The molecule has 5 heteroatoms. The number of aromatic nitrogens is 2. The SMILES string of the molecule is COCCn1ncc(Cl)c1C1(O)CC(C)(C)CC1C. The van der Waals surface area contributed by atoms with Gasteiger partial charge < -0.3 is 9.84 Å². The van der Waals surface area contributed by atoms with E-state index >= 15 is 0 Å². The number of ether oxygens (including phenoxy) is 1. The van der Waals surface area contributed by atoms with E-state index in [1.54, 1.807) is 18.0 Å². The summed E-state index contributed by atoms with van der Waals surface area (Å²) in [5.74, 6) is 0.165. The molecular formula is C14H23ClN2O2. The van der Waals surface area contributed by atoms with E-state index in [0.717, 1.165) is 12.1 Å². The summed E-state index contributed by atoms with van der Waals surface area (Å²) in [6.45, 7) is 7.61. The molecule has 0 bridgehead atoms. The predicted octanol–water partition coefficient (Wildman–Crippen LogP) is 2.83. The second-order valence-corrected chi connectivity index (χ2v) is 6.83. The van der Waals surface area contributed by atoms with Gasteiger partial charge in [0, 0.05) is 7.11 Å². The highest BCUT2D eigenvalue weighted by Crippen LogP contribution is 2.53. The van der Waals surface area contributed by atoms with Gasteiger partial charge in [-0.25, -0.2) is 0 Å². The standard InChI is InChI=1S/C14H23ClN2O2/c1-10-7-13(2,3)9-14(10,18)12-11(15)8-16-17(12)5-6-19-4/h8,10,18H,5-7,9H2,1-4H3. The smallest absolute Gasteiger partial charge is 0.111 e. The zero-order valence-electron chi connectivity index (χ0n) is 12.1. The van der Waals surface area contributed by atoms with E-state index in [9.17, 15) is 5.11 Å². The lowest BCUT2D eigenvalue weighted by Crippen LogP contribution is -2.33. The highest BCUT2D eigenvalue weighted by molar-refractivity contribution is 6.31. The molecule has 0 saturated heterocycles. The second kappa shape index (κ2) is 5.08. The van der Waals surface area contributed by atoms with Crippen LogP contribution in [0.5, 0.6) is 0 Å². The summed E-state index contributed by atoms with van der Waals surface area (Å²) in [5.41, 5.74) is -0.0390. The van der Waals surface area contributed by atoms with Crippen molar-refractivity contribution >= 4 is 11.6 Å². The Morgan fingerprint density at radius 2 is 2.26 bits per heavy atom. The molecule has 1 N–H and O–H groups in total. The molecule has 0 aromatic carbocycles. The number of nitrogens with zero attached hydrogens (tertiary/aromatic N) is 2. The Balaban J connectivity index is 2.38. The van der Waals surface area contributed by atoms with Gasteiger partial charge in [-0.15, -0.1) is 0 Å². The first-order chi connectivity index (χ1) is 8.80. The Morgan fingerprint density at radius 3 is 2.79 bits per heavy atom. The fourth-order valence-corrected chi connectivity index (χ4v) is 3.74. The van der Waals surface area contributed by atoms with Crippen LogP contribution >= 0.6 is 11.6 Å². The molecule has 1 heterocycles. The van der Waals surface area contributed by atoms with Gasteiger partial charge in [0.15, 0.2) is 0 Å². The predicted molar refractivity (Wildman–Crippen MR) is 75.2 cm³/mol. The van der Waals surface area contributed by atoms with Gasteiger partial charge in [0.25, 0.3) is 0 Å². The second-order valence-electron chi connectivity index (χ2n) is 6.43. The number of rotatable bonds is 4. The van der Waals surface area contributed by atoms with Crippen LogP contribution < -0.4 is 0 Å². The maximum Gasteiger partial charge on any atom is 0.111 e. The summed E-state index contributed by atoms with van der Waals surface area (Å²) in [4.78, 5) is 0. The van der Waals surface area contributed by atoms with Crippen molar-refractivity contribution in [1.29, 1.82) is 0 Å². The average Bonchev–Trinajstić information content (AvgIpc) is 2.75. The lowest BCUT2D eigenvalue weighted by molar-refractivity contribution is -0.0101. The number of hydrogen-bond acceptors (Lipinski definition) is 3. The topological polar surface area (TPSA) is 47.3 Å². The van der Waals surface area contributed by atoms with E-state index in [2.05, 4.69) is 25.9 Å². The molecule has 108 valence electrons. The molecule has 1 aromatic heterocycles. The zero-order chi connectivity index (χ0) is 14.3. The van der Waals surface area contributed by atoms with Crippen LogP contribution in [0.15, 0.2) is 6.20 Å². The molecule has 1 aliphatic rings. The van der Waals surface area contributed by atoms with Gasteiger partial charge in [-0.1, -0.05) is 32.4 Å². The van der Waals surface area contributed by atoms with Crippen LogP contribution in [0.3, 0.4) is 0 Å². The molecule has 1 aromatic rings. The van der Waals surface area contributed by atoms with Crippen molar-refractivity contribution in [3.63, 3.8) is 0 Å². The third-order valence-corrected chi connectivity index (χ3v) is 4.41. The normalized spacial score (nSPS) is 29.9. The number of halogens is 1. The van der Waals surface area contributed by atoms with Crippen molar-refractivity contribution < 1.29 is 9.84 Å². The van der Waals surface area contributed by atoms with Crippen molar-refractivity contribution in [2.24, 2.45) is 11.3 Å². The van der Waals surface area contributed by atoms with Crippen LogP contribution in [0.1, 0.15) is 39.3 Å². The van der Waals surface area contributed by atoms with Crippen LogP contribution in [0.2, 0.25) is 5.02 Å². The summed E-state index contributed by atoms with van der Waals surface area (Å²) in [7, 11) is 1.65. The Kier molecular flexibility index (Phi) is 3.96. The molecule has 19 heavy (non-hydrogen) atoms. The van der Waals surface area contributed by atoms with Crippen LogP contribution in [0.25, 0.3) is 0 Å². The Morgan fingerprint density at radius 1 is 1.58 bits per heavy atom. The number of methoxy groups -OCH3 is 1. The highest BCUT2D eigenvalue weighted by atomic mass is 35.5. The van der Waals surface area contributed by atoms with Crippen molar-refractivity contribution in [3.05, 3.63) is 16.9 Å². The minimum absolute atomic E-state index is 0.119. The van der Waals surface area contributed by atoms with E-state index in [0.29, 0.717) is 24.6 Å². The maximum atomic E-state index is 11.1. The fourth-order valence-electron chi connectivity index (χ4n) is 3.43. The number of aliphatic hydroxyl groups is 1. The van der Waals surface area contributed by atoms with E-state index in [1.807, 2.05) is 0 Å². The molecule has 2 atom stereocenters. The summed E-state index contributed by atoms with van der Waals surface area (Å²) in [5, 5.41) is 15.9. The molecule has 1 aliphatic carbocycles. The monoisotopic (exact) mass is 286 g/mol. The van der Waals surface area contributed by atoms with Crippen molar-refractivity contribution in [2.75, 3.05) is 13.7 Å². The van der Waals surface area contributed by atoms with Gasteiger partial charge in [-0.05, 0) is 24.2 Å². The van der Waals surface area contributed by atoms with Gasteiger partial charge >= 0.3 is 0 Å². The van der Waals surface area contributed by atoms with Crippen molar-refractivity contribution in [1.82, 2.24) is 9.78 Å². The quantitative estimate of drug-likeness (QED) is 0.926. The molecule has 2 unspecified atom stereocenters. The molecule has 0 amide bonds. The van der Waals surface area contributed by atoms with E-state index in [4.69, 9.17) is 16.3 Å². The van der Waals surface area contributed by atoms with Gasteiger partial charge in [0.1, 0.15) is 5.60 Å². The lowest BCUT2D eigenvalue weighted by Gasteiger charge is -2.29. The molecular weight excluding hydrogens is 264 g/mol. The van der Waals surface area contributed by atoms with Crippen molar-refractivity contribution in [3.8, 4) is 0 Å². The lowest BCUT2D eigenvalue weighted by atomic mass is 9.87. The molecule has 1 fully saturated rings. The molecule has 1 saturated carbocycles. The average molecular weight is 287 g/mol. The Hall–Kier alpha value is -0.580. The molecule has 0 radical (unpaired) electrons. The van der Waals surface area contributed by atoms with Gasteiger partial charge in [-0.3, -0.25) is 4.68 Å². The largest absolute Gasteiger partial charge is 0.383 e. The highest BCUT2D eigenvalue weighted by Gasteiger charge is 2.51. The summed E-state index contributed by atoms with van der Waals surface area (Å²) < 4.78 is 6.87. The minimum atomic E-state index is -0.898. The van der Waals surface area contributed by atoms with Crippen molar-refractivity contribution in [2.45, 2.75) is 45.8 Å². The van der Waals surface area contributed by atoms with E-state index < -0.39 is 5.60 Å². The molecule has 2 rings (SSSR count). The third kappa shape index (κ3) is 2.67. The fraction of sp³-hybridized carbons (Fsp3) is 0.786. The first-order valence-corrected chi connectivity index (χ1v) is 7.11. The van der Waals surface area contributed by atoms with Crippen LogP contribution in [0.4, 0.5) is 0 Å². The van der Waals surface area contributed by atoms with Gasteiger partial charge in [-0.2, -0.15) is 5.10 Å².